The molecule has 6 heteroatoms. The van der Waals surface area contributed by atoms with Crippen LogP contribution in [0.3, 0.4) is 0 Å². The smallest absolute Gasteiger partial charge is 0.254 e. The maximum absolute atomic E-state index is 13.4. The third kappa shape index (κ3) is 4.12. The van der Waals surface area contributed by atoms with Gasteiger partial charge in [-0.25, -0.2) is 8.78 Å². The summed E-state index contributed by atoms with van der Waals surface area (Å²) in [4.78, 5) is 23.4. The van der Waals surface area contributed by atoms with E-state index in [4.69, 9.17) is 0 Å². The zero-order valence-corrected chi connectivity index (χ0v) is 11.6. The lowest BCUT2D eigenvalue weighted by Crippen LogP contribution is -2.35. The Morgan fingerprint density at radius 3 is 2.23 bits per heavy atom. The highest BCUT2D eigenvalue weighted by atomic mass is 19.1. The molecule has 2 aromatic rings. The molecule has 0 saturated heterocycles. The van der Waals surface area contributed by atoms with Crippen LogP contribution in [0.5, 0.6) is 0 Å². The van der Waals surface area contributed by atoms with Gasteiger partial charge in [0.25, 0.3) is 11.8 Å². The molecule has 2 rings (SSSR count). The van der Waals surface area contributed by atoms with E-state index in [0.29, 0.717) is 0 Å². The van der Waals surface area contributed by atoms with Crippen LogP contribution >= 0.6 is 0 Å². The van der Waals surface area contributed by atoms with Crippen LogP contribution in [0.15, 0.2) is 48.5 Å². The highest BCUT2D eigenvalue weighted by Gasteiger charge is 2.10. The summed E-state index contributed by atoms with van der Waals surface area (Å²) in [6.07, 6.45) is 0. The Morgan fingerprint density at radius 2 is 1.55 bits per heavy atom. The van der Waals surface area contributed by atoms with Gasteiger partial charge in [0.15, 0.2) is 0 Å². The number of halogens is 2. The van der Waals surface area contributed by atoms with Gasteiger partial charge in [-0.15, -0.1) is 0 Å². The summed E-state index contributed by atoms with van der Waals surface area (Å²) in [6.45, 7) is 0.282. The summed E-state index contributed by atoms with van der Waals surface area (Å²) in [7, 11) is 0. The molecule has 2 amide bonds. The summed E-state index contributed by atoms with van der Waals surface area (Å²) in [6, 6.07) is 10.9. The highest BCUT2D eigenvalue weighted by Crippen LogP contribution is 2.05. The topological polar surface area (TPSA) is 58.2 Å². The third-order valence-corrected chi connectivity index (χ3v) is 2.90. The van der Waals surface area contributed by atoms with Gasteiger partial charge in [-0.1, -0.05) is 18.2 Å². The molecular weight excluding hydrogens is 290 g/mol. The molecule has 22 heavy (non-hydrogen) atoms. The van der Waals surface area contributed by atoms with E-state index in [1.807, 2.05) is 0 Å². The summed E-state index contributed by atoms with van der Waals surface area (Å²) in [5.41, 5.74) is 0.138. The van der Waals surface area contributed by atoms with Crippen molar-refractivity contribution in [3.05, 3.63) is 71.3 Å². The number of hydrogen-bond donors (Lipinski definition) is 2. The van der Waals surface area contributed by atoms with Crippen molar-refractivity contribution in [1.82, 2.24) is 10.6 Å². The van der Waals surface area contributed by atoms with Gasteiger partial charge in [0.1, 0.15) is 11.6 Å². The number of carbonyl (C=O) groups excluding carboxylic acids is 2. The van der Waals surface area contributed by atoms with Crippen LogP contribution in [0.1, 0.15) is 20.7 Å². The van der Waals surface area contributed by atoms with Crippen molar-refractivity contribution < 1.29 is 18.4 Å². The molecule has 4 nitrogen and oxygen atoms in total. The highest BCUT2D eigenvalue weighted by molar-refractivity contribution is 5.95. The Bertz CT molecular complexity index is 689. The van der Waals surface area contributed by atoms with Gasteiger partial charge in [0, 0.05) is 18.7 Å². The third-order valence-electron chi connectivity index (χ3n) is 2.90. The molecule has 0 heterocycles. The van der Waals surface area contributed by atoms with Gasteiger partial charge in [0.2, 0.25) is 0 Å². The first-order chi connectivity index (χ1) is 10.6. The van der Waals surface area contributed by atoms with Crippen LogP contribution in [0.4, 0.5) is 8.78 Å². The van der Waals surface area contributed by atoms with Crippen LogP contribution in [-0.2, 0) is 0 Å². The second-order valence-corrected chi connectivity index (χ2v) is 4.50. The number of amides is 2. The van der Waals surface area contributed by atoms with Crippen LogP contribution in [-0.4, -0.2) is 24.9 Å². The monoisotopic (exact) mass is 304 g/mol. The average molecular weight is 304 g/mol. The van der Waals surface area contributed by atoms with E-state index in [0.717, 1.165) is 6.07 Å². The van der Waals surface area contributed by atoms with Crippen LogP contribution in [0.25, 0.3) is 0 Å². The minimum Gasteiger partial charge on any atom is -0.350 e. The van der Waals surface area contributed by atoms with Crippen molar-refractivity contribution in [3.8, 4) is 0 Å². The van der Waals surface area contributed by atoms with E-state index >= 15 is 0 Å². The lowest BCUT2D eigenvalue weighted by molar-refractivity contribution is 0.0925. The van der Waals surface area contributed by atoms with E-state index in [1.165, 1.54) is 36.4 Å². The zero-order valence-electron chi connectivity index (χ0n) is 11.6. The fourth-order valence-corrected chi connectivity index (χ4v) is 1.82. The fraction of sp³-hybridized carbons (Fsp3) is 0.125. The second kappa shape index (κ2) is 7.31. The number of carbonyl (C=O) groups is 2. The molecule has 0 atom stereocenters. The van der Waals surface area contributed by atoms with Crippen LogP contribution < -0.4 is 10.6 Å². The molecule has 114 valence electrons. The lowest BCUT2D eigenvalue weighted by Gasteiger charge is -2.08. The largest absolute Gasteiger partial charge is 0.350 e. The van der Waals surface area contributed by atoms with Crippen LogP contribution in [0, 0.1) is 11.6 Å². The first-order valence-electron chi connectivity index (χ1n) is 6.64. The molecule has 0 unspecified atom stereocenters. The van der Waals surface area contributed by atoms with E-state index in [9.17, 15) is 18.4 Å². The first-order valence-corrected chi connectivity index (χ1v) is 6.64. The van der Waals surface area contributed by atoms with Gasteiger partial charge in [0.05, 0.1) is 5.56 Å². The van der Waals surface area contributed by atoms with Crippen molar-refractivity contribution in [2.45, 2.75) is 0 Å². The molecule has 2 N–H and O–H groups in total. The van der Waals surface area contributed by atoms with E-state index in [1.54, 1.807) is 6.07 Å². The second-order valence-electron chi connectivity index (χ2n) is 4.50. The fourth-order valence-electron chi connectivity index (χ4n) is 1.82. The standard InChI is InChI=1S/C16H14F2N2O2/c17-12-5-3-4-11(10-12)15(21)19-8-9-20-16(22)13-6-1-2-7-14(13)18/h1-7,10H,8-9H2,(H,19,21)(H,20,22). The summed E-state index contributed by atoms with van der Waals surface area (Å²) < 4.78 is 26.3. The minimum atomic E-state index is -0.608. The molecule has 0 spiro atoms. The SMILES string of the molecule is O=C(NCCNC(=O)c1ccccc1F)c1cccc(F)c1. The van der Waals surface area contributed by atoms with E-state index in [2.05, 4.69) is 10.6 Å². The Balaban J connectivity index is 1.79. The summed E-state index contributed by atoms with van der Waals surface area (Å²) in [5.74, 6) is -2.11. The molecule has 0 radical (unpaired) electrons. The van der Waals surface area contributed by atoms with Crippen molar-refractivity contribution in [2.24, 2.45) is 0 Å². The molecule has 0 bridgehead atoms. The van der Waals surface area contributed by atoms with Crippen molar-refractivity contribution in [1.29, 1.82) is 0 Å². The van der Waals surface area contributed by atoms with Gasteiger partial charge in [-0.2, -0.15) is 0 Å². The Hall–Kier alpha value is -2.76. The maximum atomic E-state index is 13.4. The van der Waals surface area contributed by atoms with E-state index in [-0.39, 0.29) is 24.2 Å². The average Bonchev–Trinajstić information content (AvgIpc) is 2.51. The quantitative estimate of drug-likeness (QED) is 0.831. The van der Waals surface area contributed by atoms with Gasteiger partial charge in [-0.05, 0) is 30.3 Å². The molecule has 0 aromatic heterocycles. The van der Waals surface area contributed by atoms with Crippen molar-refractivity contribution in [3.63, 3.8) is 0 Å². The predicted octanol–water partition coefficient (Wildman–Crippen LogP) is 2.12. The van der Waals surface area contributed by atoms with Crippen molar-refractivity contribution >= 4 is 11.8 Å². The molecule has 0 aliphatic heterocycles. The first kappa shape index (κ1) is 15.6. The van der Waals surface area contributed by atoms with Gasteiger partial charge in [-0.3, -0.25) is 9.59 Å². The van der Waals surface area contributed by atoms with Gasteiger partial charge < -0.3 is 10.6 Å². The summed E-state index contributed by atoms with van der Waals surface area (Å²) >= 11 is 0. The molecular formula is C16H14F2N2O2. The maximum Gasteiger partial charge on any atom is 0.254 e. The summed E-state index contributed by atoms with van der Waals surface area (Å²) in [5, 5.41) is 5.02. The molecule has 0 fully saturated rings. The lowest BCUT2D eigenvalue weighted by atomic mass is 10.2. The normalized spacial score (nSPS) is 10.1. The van der Waals surface area contributed by atoms with Crippen LogP contribution in [0.2, 0.25) is 0 Å². The Labute approximate surface area is 126 Å². The molecule has 0 aliphatic rings. The van der Waals surface area contributed by atoms with Gasteiger partial charge >= 0.3 is 0 Å². The zero-order chi connectivity index (χ0) is 15.9. The molecule has 0 aliphatic carbocycles. The molecule has 2 aromatic carbocycles. The minimum absolute atomic E-state index is 0.0565. The number of rotatable bonds is 5. The number of benzene rings is 2. The number of hydrogen-bond acceptors (Lipinski definition) is 2. The number of nitrogens with one attached hydrogen (secondary N) is 2. The molecule has 0 saturated carbocycles. The Kier molecular flexibility index (Phi) is 5.19. The van der Waals surface area contributed by atoms with Crippen molar-refractivity contribution in [2.75, 3.05) is 13.1 Å². The Morgan fingerprint density at radius 1 is 0.864 bits per heavy atom. The van der Waals surface area contributed by atoms with E-state index < -0.39 is 23.4 Å². The predicted molar refractivity (Wildman–Crippen MR) is 77.5 cm³/mol.